The molecule has 0 radical (unpaired) electrons. The van der Waals surface area contributed by atoms with Crippen LogP contribution in [0.5, 0.6) is 0 Å². The molecule has 0 aliphatic carbocycles. The monoisotopic (exact) mass is 297 g/mol. The fraction of sp³-hybridized carbons (Fsp3) is 0.733. The summed E-state index contributed by atoms with van der Waals surface area (Å²) in [5, 5.41) is 11.6. The summed E-state index contributed by atoms with van der Waals surface area (Å²) in [6, 6.07) is 0. The Labute approximate surface area is 125 Å². The average molecular weight is 297 g/mol. The van der Waals surface area contributed by atoms with Gasteiger partial charge in [0.1, 0.15) is 0 Å². The number of hydrogen-bond acceptors (Lipinski definition) is 3. The van der Waals surface area contributed by atoms with Crippen LogP contribution in [0.15, 0.2) is 12.2 Å². The van der Waals surface area contributed by atoms with E-state index in [0.717, 1.165) is 19.5 Å². The van der Waals surface area contributed by atoms with Crippen LogP contribution in [0, 0.1) is 5.92 Å². The van der Waals surface area contributed by atoms with Crippen LogP contribution in [0.4, 0.5) is 0 Å². The molecule has 21 heavy (non-hydrogen) atoms. The zero-order valence-electron chi connectivity index (χ0n) is 12.7. The lowest BCUT2D eigenvalue weighted by molar-refractivity contribution is -0.889. The Hall–Kier alpha value is -1.40. The van der Waals surface area contributed by atoms with Crippen molar-refractivity contribution in [1.82, 2.24) is 5.32 Å². The van der Waals surface area contributed by atoms with E-state index in [0.29, 0.717) is 17.4 Å². The summed E-state index contributed by atoms with van der Waals surface area (Å²) >= 11 is 0. The standard InChI is InChI=1S/C15H24N2O4/c1-17(2,8-3-4-14(18)19)9-7-16-15(20)12-10-11-5-6-13(12)21-11/h5-6,11-13H,3-4,7-10H2,1-2H3,(H-,16,18,19,20)/p+1/t11?,12-,13?/m0/s1. The van der Waals surface area contributed by atoms with Gasteiger partial charge in [-0.05, 0) is 6.42 Å². The van der Waals surface area contributed by atoms with Gasteiger partial charge in [-0.25, -0.2) is 0 Å². The van der Waals surface area contributed by atoms with Crippen LogP contribution in [-0.2, 0) is 14.3 Å². The van der Waals surface area contributed by atoms with Gasteiger partial charge < -0.3 is 19.6 Å². The Bertz CT molecular complexity index is 433. The molecule has 3 atom stereocenters. The van der Waals surface area contributed by atoms with Gasteiger partial charge in [0, 0.05) is 6.42 Å². The highest BCUT2D eigenvalue weighted by Crippen LogP contribution is 2.33. The second-order valence-corrected chi connectivity index (χ2v) is 6.54. The second kappa shape index (κ2) is 6.58. The Morgan fingerprint density at radius 3 is 2.67 bits per heavy atom. The van der Waals surface area contributed by atoms with Crippen molar-refractivity contribution in [3.63, 3.8) is 0 Å². The average Bonchev–Trinajstić information content (AvgIpc) is 2.99. The number of ether oxygens (including phenoxy) is 1. The molecule has 0 aromatic heterocycles. The van der Waals surface area contributed by atoms with E-state index in [9.17, 15) is 9.59 Å². The highest BCUT2D eigenvalue weighted by molar-refractivity contribution is 5.80. The summed E-state index contributed by atoms with van der Waals surface area (Å²) in [5.41, 5.74) is 0. The lowest BCUT2D eigenvalue weighted by atomic mass is 9.93. The largest absolute Gasteiger partial charge is 0.481 e. The SMILES string of the molecule is C[N+](C)(CCCC(=O)O)CCNC(=O)[C@H]1CC2C=CC1O2. The lowest BCUT2D eigenvalue weighted by Crippen LogP contribution is -2.47. The molecule has 6 heteroatoms. The van der Waals surface area contributed by atoms with E-state index in [4.69, 9.17) is 9.84 Å². The number of fused-ring (bicyclic) bond motifs is 2. The van der Waals surface area contributed by atoms with E-state index in [1.165, 1.54) is 0 Å². The molecule has 6 nitrogen and oxygen atoms in total. The lowest BCUT2D eigenvalue weighted by Gasteiger charge is -2.30. The third-order valence-electron chi connectivity index (χ3n) is 4.24. The molecule has 2 unspecified atom stereocenters. The third kappa shape index (κ3) is 4.54. The van der Waals surface area contributed by atoms with Crippen molar-refractivity contribution in [2.24, 2.45) is 5.92 Å². The van der Waals surface area contributed by atoms with E-state index in [1.807, 2.05) is 12.2 Å². The maximum atomic E-state index is 12.1. The number of likely N-dealkylation sites (N-methyl/N-ethyl adjacent to an activating group) is 1. The van der Waals surface area contributed by atoms with Crippen LogP contribution in [0.1, 0.15) is 19.3 Å². The van der Waals surface area contributed by atoms with Crippen LogP contribution in [-0.4, -0.2) is 67.4 Å². The van der Waals surface area contributed by atoms with Crippen molar-refractivity contribution in [3.05, 3.63) is 12.2 Å². The molecule has 2 heterocycles. The molecule has 2 N–H and O–H groups in total. The summed E-state index contributed by atoms with van der Waals surface area (Å²) in [6.07, 6.45) is 5.71. The molecule has 1 saturated heterocycles. The Balaban J connectivity index is 1.65. The van der Waals surface area contributed by atoms with Gasteiger partial charge in [0.15, 0.2) is 0 Å². The number of carbonyl (C=O) groups excluding carboxylic acids is 1. The Kier molecular flexibility index (Phi) is 5.00. The zero-order valence-corrected chi connectivity index (χ0v) is 12.7. The minimum atomic E-state index is -0.757. The van der Waals surface area contributed by atoms with Gasteiger partial charge in [-0.3, -0.25) is 9.59 Å². The van der Waals surface area contributed by atoms with Crippen molar-refractivity contribution in [2.45, 2.75) is 31.5 Å². The van der Waals surface area contributed by atoms with Crippen molar-refractivity contribution in [2.75, 3.05) is 33.7 Å². The summed E-state index contributed by atoms with van der Waals surface area (Å²) in [7, 11) is 4.11. The topological polar surface area (TPSA) is 75.6 Å². The number of amides is 1. The Morgan fingerprint density at radius 2 is 2.10 bits per heavy atom. The van der Waals surface area contributed by atoms with Crippen LogP contribution >= 0.6 is 0 Å². The third-order valence-corrected chi connectivity index (χ3v) is 4.24. The predicted octanol–water partition coefficient (Wildman–Crippen LogP) is 0.387. The van der Waals surface area contributed by atoms with E-state index >= 15 is 0 Å². The maximum absolute atomic E-state index is 12.1. The van der Waals surface area contributed by atoms with E-state index in [1.54, 1.807) is 0 Å². The van der Waals surface area contributed by atoms with Crippen molar-refractivity contribution in [3.8, 4) is 0 Å². The van der Waals surface area contributed by atoms with Crippen LogP contribution in [0.2, 0.25) is 0 Å². The first-order chi connectivity index (χ1) is 9.87. The van der Waals surface area contributed by atoms with Crippen molar-refractivity contribution in [1.29, 1.82) is 0 Å². The van der Waals surface area contributed by atoms with E-state index in [-0.39, 0.29) is 30.5 Å². The quantitative estimate of drug-likeness (QED) is 0.502. The molecule has 2 rings (SSSR count). The summed E-state index contributed by atoms with van der Waals surface area (Å²) in [6.45, 7) is 2.20. The first-order valence-corrected chi connectivity index (χ1v) is 7.53. The minimum Gasteiger partial charge on any atom is -0.481 e. The number of nitrogens with zero attached hydrogens (tertiary/aromatic N) is 1. The van der Waals surface area contributed by atoms with Crippen molar-refractivity contribution >= 4 is 11.9 Å². The number of carboxylic acids is 1. The molecule has 0 saturated carbocycles. The van der Waals surface area contributed by atoms with Gasteiger partial charge in [0.25, 0.3) is 0 Å². The second-order valence-electron chi connectivity index (χ2n) is 6.54. The number of rotatable bonds is 8. The number of quaternary nitrogens is 1. The van der Waals surface area contributed by atoms with Crippen molar-refractivity contribution < 1.29 is 23.9 Å². The first-order valence-electron chi connectivity index (χ1n) is 7.53. The first kappa shape index (κ1) is 16.0. The number of nitrogens with one attached hydrogen (secondary N) is 1. The van der Waals surface area contributed by atoms with Crippen LogP contribution < -0.4 is 5.32 Å². The Morgan fingerprint density at radius 1 is 1.33 bits per heavy atom. The van der Waals surface area contributed by atoms with Gasteiger partial charge in [0.2, 0.25) is 5.91 Å². The molecule has 118 valence electrons. The predicted molar refractivity (Wildman–Crippen MR) is 77.6 cm³/mol. The maximum Gasteiger partial charge on any atom is 0.303 e. The fourth-order valence-electron chi connectivity index (χ4n) is 2.91. The van der Waals surface area contributed by atoms with Gasteiger partial charge in [0.05, 0.1) is 58.3 Å². The molecule has 2 aliphatic heterocycles. The smallest absolute Gasteiger partial charge is 0.303 e. The fourth-order valence-corrected chi connectivity index (χ4v) is 2.91. The molecular weight excluding hydrogens is 272 g/mol. The molecule has 0 aromatic carbocycles. The van der Waals surface area contributed by atoms with Crippen LogP contribution in [0.25, 0.3) is 0 Å². The van der Waals surface area contributed by atoms with Crippen LogP contribution in [0.3, 0.4) is 0 Å². The minimum absolute atomic E-state index is 0.0481. The molecule has 1 amide bonds. The summed E-state index contributed by atoms with van der Waals surface area (Å²) in [5.74, 6) is -0.743. The molecule has 1 fully saturated rings. The summed E-state index contributed by atoms with van der Waals surface area (Å²) < 4.78 is 6.31. The highest BCUT2D eigenvalue weighted by atomic mass is 16.5. The van der Waals surface area contributed by atoms with Gasteiger partial charge in [-0.2, -0.15) is 0 Å². The van der Waals surface area contributed by atoms with E-state index in [2.05, 4.69) is 19.4 Å². The number of aliphatic carboxylic acids is 1. The molecule has 0 spiro atoms. The molecular formula is C15H25N2O4+. The zero-order chi connectivity index (χ0) is 15.5. The number of hydrogen-bond donors (Lipinski definition) is 2. The van der Waals surface area contributed by atoms with Gasteiger partial charge in [-0.1, -0.05) is 12.2 Å². The number of carboxylic acid groups (broad SMARTS) is 1. The van der Waals surface area contributed by atoms with Gasteiger partial charge in [-0.15, -0.1) is 0 Å². The molecule has 2 aliphatic rings. The van der Waals surface area contributed by atoms with Gasteiger partial charge >= 0.3 is 5.97 Å². The molecule has 2 bridgehead atoms. The highest BCUT2D eigenvalue weighted by Gasteiger charge is 2.40. The molecule has 0 aromatic rings. The van der Waals surface area contributed by atoms with E-state index < -0.39 is 5.97 Å². The normalized spacial score (nSPS) is 27.0. The summed E-state index contributed by atoms with van der Waals surface area (Å²) in [4.78, 5) is 22.6. The number of carbonyl (C=O) groups is 2.